The van der Waals surface area contributed by atoms with Crippen molar-refractivity contribution >= 4 is 23.5 Å². The van der Waals surface area contributed by atoms with Gasteiger partial charge in [-0.2, -0.15) is 15.0 Å². The van der Waals surface area contributed by atoms with Crippen molar-refractivity contribution in [2.24, 2.45) is 5.92 Å². The molecule has 1 saturated heterocycles. The highest BCUT2D eigenvalue weighted by atomic mass is 35.5. The van der Waals surface area contributed by atoms with Crippen molar-refractivity contribution in [2.45, 2.75) is 19.8 Å². The van der Waals surface area contributed by atoms with Gasteiger partial charge in [0.15, 0.2) is 0 Å². The molecule has 2 heterocycles. The summed E-state index contributed by atoms with van der Waals surface area (Å²) in [5.74, 6) is 1.55. The standard InChI is InChI=1S/C12H21ClN6/c1-9(8-19-5-3-4-6-19)7-15-12-17-10(13)16-11(14-2)18-12/h9H,3-8H2,1-2H3,(H2,14,15,16,17,18). The number of nitrogens with zero attached hydrogens (tertiary/aromatic N) is 4. The lowest BCUT2D eigenvalue weighted by Crippen LogP contribution is -2.29. The fraction of sp³-hybridized carbons (Fsp3) is 0.750. The number of nitrogens with one attached hydrogen (secondary N) is 2. The molecule has 106 valence electrons. The van der Waals surface area contributed by atoms with Gasteiger partial charge in [-0.3, -0.25) is 0 Å². The summed E-state index contributed by atoms with van der Waals surface area (Å²) in [6.45, 7) is 6.63. The van der Waals surface area contributed by atoms with Crippen LogP contribution in [-0.4, -0.2) is 53.1 Å². The maximum atomic E-state index is 5.83. The Hall–Kier alpha value is -1.14. The Bertz CT molecular complexity index is 407. The van der Waals surface area contributed by atoms with E-state index in [0.717, 1.165) is 13.1 Å². The molecule has 19 heavy (non-hydrogen) atoms. The topological polar surface area (TPSA) is 66.0 Å². The van der Waals surface area contributed by atoms with Crippen molar-refractivity contribution in [3.63, 3.8) is 0 Å². The van der Waals surface area contributed by atoms with Gasteiger partial charge in [0, 0.05) is 20.1 Å². The molecule has 1 unspecified atom stereocenters. The van der Waals surface area contributed by atoms with Gasteiger partial charge in [-0.15, -0.1) is 0 Å². The van der Waals surface area contributed by atoms with Crippen LogP contribution in [0, 0.1) is 5.92 Å². The van der Waals surface area contributed by atoms with Gasteiger partial charge >= 0.3 is 0 Å². The minimum absolute atomic E-state index is 0.203. The van der Waals surface area contributed by atoms with E-state index in [4.69, 9.17) is 11.6 Å². The van der Waals surface area contributed by atoms with E-state index < -0.39 is 0 Å². The molecule has 0 bridgehead atoms. The van der Waals surface area contributed by atoms with Gasteiger partial charge < -0.3 is 15.5 Å². The van der Waals surface area contributed by atoms with Crippen LogP contribution < -0.4 is 10.6 Å². The smallest absolute Gasteiger partial charge is 0.228 e. The van der Waals surface area contributed by atoms with Gasteiger partial charge in [-0.1, -0.05) is 6.92 Å². The van der Waals surface area contributed by atoms with Gasteiger partial charge in [-0.05, 0) is 43.5 Å². The first kappa shape index (κ1) is 14.3. The van der Waals surface area contributed by atoms with Crippen molar-refractivity contribution in [1.82, 2.24) is 19.9 Å². The van der Waals surface area contributed by atoms with Crippen molar-refractivity contribution in [1.29, 1.82) is 0 Å². The second-order valence-electron chi connectivity index (χ2n) is 5.00. The number of anilines is 2. The van der Waals surface area contributed by atoms with Crippen LogP contribution in [0.2, 0.25) is 5.28 Å². The molecule has 2 N–H and O–H groups in total. The van der Waals surface area contributed by atoms with E-state index in [2.05, 4.69) is 37.4 Å². The van der Waals surface area contributed by atoms with Crippen LogP contribution >= 0.6 is 11.6 Å². The molecule has 1 aromatic rings. The second-order valence-corrected chi connectivity index (χ2v) is 5.33. The van der Waals surface area contributed by atoms with E-state index in [1.807, 2.05) is 0 Å². The molecule has 1 aromatic heterocycles. The number of likely N-dealkylation sites (tertiary alicyclic amines) is 1. The lowest BCUT2D eigenvalue weighted by molar-refractivity contribution is 0.294. The summed E-state index contributed by atoms with van der Waals surface area (Å²) < 4.78 is 0. The molecule has 0 spiro atoms. The SMILES string of the molecule is CNc1nc(Cl)nc(NCC(C)CN2CCCC2)n1. The summed E-state index contributed by atoms with van der Waals surface area (Å²) in [4.78, 5) is 14.7. The Labute approximate surface area is 119 Å². The zero-order valence-corrected chi connectivity index (χ0v) is 12.2. The van der Waals surface area contributed by atoms with E-state index in [1.165, 1.54) is 25.9 Å². The molecule has 0 aromatic carbocycles. The maximum absolute atomic E-state index is 5.83. The van der Waals surface area contributed by atoms with E-state index >= 15 is 0 Å². The van der Waals surface area contributed by atoms with Gasteiger partial charge in [-0.25, -0.2) is 0 Å². The number of hydrogen-bond acceptors (Lipinski definition) is 6. The number of hydrogen-bond donors (Lipinski definition) is 2. The summed E-state index contributed by atoms with van der Waals surface area (Å²) in [6, 6.07) is 0. The molecular weight excluding hydrogens is 264 g/mol. The van der Waals surface area contributed by atoms with Crippen LogP contribution in [0.5, 0.6) is 0 Å². The minimum atomic E-state index is 0.203. The van der Waals surface area contributed by atoms with Crippen LogP contribution in [0.25, 0.3) is 0 Å². The zero-order valence-electron chi connectivity index (χ0n) is 11.5. The van der Waals surface area contributed by atoms with Gasteiger partial charge in [0.1, 0.15) is 0 Å². The molecule has 0 amide bonds. The molecule has 1 aliphatic rings. The highest BCUT2D eigenvalue weighted by Gasteiger charge is 2.14. The summed E-state index contributed by atoms with van der Waals surface area (Å²) >= 11 is 5.83. The van der Waals surface area contributed by atoms with Crippen molar-refractivity contribution in [3.05, 3.63) is 5.28 Å². The summed E-state index contributed by atoms with van der Waals surface area (Å²) in [5.41, 5.74) is 0. The predicted molar refractivity (Wildman–Crippen MR) is 77.7 cm³/mol. The fourth-order valence-corrected chi connectivity index (χ4v) is 2.44. The van der Waals surface area contributed by atoms with Crippen molar-refractivity contribution < 1.29 is 0 Å². The average molecular weight is 285 g/mol. The molecule has 1 atom stereocenters. The molecule has 0 aliphatic carbocycles. The normalized spacial score (nSPS) is 17.4. The average Bonchev–Trinajstić information content (AvgIpc) is 2.88. The van der Waals surface area contributed by atoms with Crippen molar-refractivity contribution in [2.75, 3.05) is 43.9 Å². The summed E-state index contributed by atoms with van der Waals surface area (Å²) in [7, 11) is 1.76. The van der Waals surface area contributed by atoms with Gasteiger partial charge in [0.25, 0.3) is 0 Å². The summed E-state index contributed by atoms with van der Waals surface area (Å²) in [6.07, 6.45) is 2.66. The van der Waals surface area contributed by atoms with E-state index in [1.54, 1.807) is 7.05 Å². The first-order valence-corrected chi connectivity index (χ1v) is 7.10. The highest BCUT2D eigenvalue weighted by molar-refractivity contribution is 6.28. The van der Waals surface area contributed by atoms with Crippen molar-refractivity contribution in [3.8, 4) is 0 Å². The Balaban J connectivity index is 1.82. The third-order valence-corrected chi connectivity index (χ3v) is 3.38. The Morgan fingerprint density at radius 2 is 1.89 bits per heavy atom. The number of rotatable bonds is 6. The third-order valence-electron chi connectivity index (χ3n) is 3.21. The van der Waals surface area contributed by atoms with Crippen LogP contribution in [-0.2, 0) is 0 Å². The Morgan fingerprint density at radius 3 is 2.58 bits per heavy atom. The quantitative estimate of drug-likeness (QED) is 0.829. The first-order valence-electron chi connectivity index (χ1n) is 6.73. The largest absolute Gasteiger partial charge is 0.357 e. The summed E-state index contributed by atoms with van der Waals surface area (Å²) in [5, 5.41) is 6.28. The van der Waals surface area contributed by atoms with Gasteiger partial charge in [0.2, 0.25) is 17.2 Å². The van der Waals surface area contributed by atoms with Crippen LogP contribution in [0.4, 0.5) is 11.9 Å². The highest BCUT2D eigenvalue weighted by Crippen LogP contribution is 2.12. The molecule has 7 heteroatoms. The zero-order chi connectivity index (χ0) is 13.7. The van der Waals surface area contributed by atoms with E-state index in [-0.39, 0.29) is 5.28 Å². The fourth-order valence-electron chi connectivity index (χ4n) is 2.28. The molecule has 2 rings (SSSR count). The molecule has 1 aliphatic heterocycles. The second kappa shape index (κ2) is 6.86. The van der Waals surface area contributed by atoms with Gasteiger partial charge in [0.05, 0.1) is 0 Å². The third kappa shape index (κ3) is 4.47. The Morgan fingerprint density at radius 1 is 1.21 bits per heavy atom. The molecule has 0 saturated carbocycles. The molecular formula is C12H21ClN6. The van der Waals surface area contributed by atoms with E-state index in [9.17, 15) is 0 Å². The van der Waals surface area contributed by atoms with Crippen LogP contribution in [0.1, 0.15) is 19.8 Å². The monoisotopic (exact) mass is 284 g/mol. The maximum Gasteiger partial charge on any atom is 0.228 e. The predicted octanol–water partition coefficient (Wildman–Crippen LogP) is 1.71. The lowest BCUT2D eigenvalue weighted by atomic mass is 10.1. The van der Waals surface area contributed by atoms with Crippen LogP contribution in [0.3, 0.4) is 0 Å². The molecule has 0 radical (unpaired) electrons. The molecule has 6 nitrogen and oxygen atoms in total. The first-order chi connectivity index (χ1) is 9.17. The van der Waals surface area contributed by atoms with Crippen LogP contribution in [0.15, 0.2) is 0 Å². The van der Waals surface area contributed by atoms with E-state index in [0.29, 0.717) is 17.8 Å². The number of aromatic nitrogens is 3. The number of halogens is 1. The Kier molecular flexibility index (Phi) is 5.15. The minimum Gasteiger partial charge on any atom is -0.357 e. The molecule has 1 fully saturated rings. The lowest BCUT2D eigenvalue weighted by Gasteiger charge is -2.20.